The second-order valence-corrected chi connectivity index (χ2v) is 5.79. The van der Waals surface area contributed by atoms with Crippen LogP contribution in [-0.4, -0.2) is 30.0 Å². The van der Waals surface area contributed by atoms with E-state index in [0.717, 1.165) is 24.5 Å². The maximum absolute atomic E-state index is 11.4. The summed E-state index contributed by atoms with van der Waals surface area (Å²) in [6.45, 7) is 3.46. The standard InChI is InChI=1S/C17H17N3O3/c1-17(20-10-9-18-12-6-2-3-7-13(12)20)19-15-11(16(21)22)5-4-8-14(15)23-17/h2-8,18-19H,9-10H2,1H3,(H,21,22). The van der Waals surface area contributed by atoms with Crippen LogP contribution in [0.1, 0.15) is 17.3 Å². The van der Waals surface area contributed by atoms with E-state index in [-0.39, 0.29) is 5.56 Å². The zero-order valence-electron chi connectivity index (χ0n) is 12.7. The highest BCUT2D eigenvalue weighted by Crippen LogP contribution is 2.43. The highest BCUT2D eigenvalue weighted by molar-refractivity contribution is 5.97. The summed E-state index contributed by atoms with van der Waals surface area (Å²) in [4.78, 5) is 13.5. The third-order valence-electron chi connectivity index (χ3n) is 4.28. The lowest BCUT2D eigenvalue weighted by molar-refractivity contribution is 0.0698. The van der Waals surface area contributed by atoms with Crippen LogP contribution in [0.25, 0.3) is 0 Å². The normalized spacial score (nSPS) is 21.5. The number of carboxylic acids is 1. The van der Waals surface area contributed by atoms with Crippen molar-refractivity contribution in [2.24, 2.45) is 0 Å². The molecular weight excluding hydrogens is 294 g/mol. The predicted molar refractivity (Wildman–Crippen MR) is 88.3 cm³/mol. The number of anilines is 3. The molecule has 2 aromatic carbocycles. The molecule has 3 N–H and O–H groups in total. The van der Waals surface area contributed by atoms with E-state index in [1.165, 1.54) is 0 Å². The number of rotatable bonds is 2. The van der Waals surface area contributed by atoms with Gasteiger partial charge in [-0.2, -0.15) is 0 Å². The highest BCUT2D eigenvalue weighted by atomic mass is 16.5. The fraction of sp³-hybridized carbons (Fsp3) is 0.235. The molecule has 6 nitrogen and oxygen atoms in total. The van der Waals surface area contributed by atoms with Gasteiger partial charge in [-0.05, 0) is 24.3 Å². The number of nitrogens with zero attached hydrogens (tertiary/aromatic N) is 1. The highest BCUT2D eigenvalue weighted by Gasteiger charge is 2.43. The Morgan fingerprint density at radius 2 is 2.09 bits per heavy atom. The minimum atomic E-state index is -0.970. The Balaban J connectivity index is 1.75. The molecule has 2 aromatic rings. The minimum absolute atomic E-state index is 0.217. The average Bonchev–Trinajstić information content (AvgIpc) is 2.91. The van der Waals surface area contributed by atoms with Gasteiger partial charge in [0, 0.05) is 20.0 Å². The van der Waals surface area contributed by atoms with E-state index in [4.69, 9.17) is 4.74 Å². The van der Waals surface area contributed by atoms with Crippen LogP contribution in [0.3, 0.4) is 0 Å². The van der Waals surface area contributed by atoms with Crippen molar-refractivity contribution in [1.82, 2.24) is 0 Å². The molecule has 1 atom stereocenters. The van der Waals surface area contributed by atoms with Gasteiger partial charge in [-0.15, -0.1) is 0 Å². The molecule has 2 heterocycles. The third kappa shape index (κ3) is 2.06. The first-order valence-corrected chi connectivity index (χ1v) is 7.52. The van der Waals surface area contributed by atoms with Gasteiger partial charge in [0.05, 0.1) is 22.6 Å². The summed E-state index contributed by atoms with van der Waals surface area (Å²) in [5.74, 6) is -1.24. The molecule has 0 amide bonds. The number of nitrogens with one attached hydrogen (secondary N) is 2. The molecule has 0 aliphatic carbocycles. The van der Waals surface area contributed by atoms with Crippen molar-refractivity contribution in [2.45, 2.75) is 12.8 Å². The molecule has 6 heteroatoms. The molecule has 2 aliphatic rings. The average molecular weight is 311 g/mol. The second kappa shape index (κ2) is 4.81. The quantitative estimate of drug-likeness (QED) is 0.792. The summed E-state index contributed by atoms with van der Waals surface area (Å²) >= 11 is 0. The van der Waals surface area contributed by atoms with Crippen molar-refractivity contribution in [1.29, 1.82) is 0 Å². The number of ether oxygens (including phenoxy) is 1. The Morgan fingerprint density at radius 3 is 2.91 bits per heavy atom. The molecule has 0 bridgehead atoms. The van der Waals surface area contributed by atoms with Crippen molar-refractivity contribution in [2.75, 3.05) is 28.6 Å². The number of hydrogen-bond donors (Lipinski definition) is 3. The Kier molecular flexibility index (Phi) is 2.87. The summed E-state index contributed by atoms with van der Waals surface area (Å²) < 4.78 is 6.11. The molecule has 0 radical (unpaired) electrons. The van der Waals surface area contributed by atoms with Gasteiger partial charge in [0.1, 0.15) is 5.75 Å². The van der Waals surface area contributed by atoms with Crippen molar-refractivity contribution < 1.29 is 14.6 Å². The number of hydrogen-bond acceptors (Lipinski definition) is 5. The van der Waals surface area contributed by atoms with Crippen LogP contribution in [-0.2, 0) is 0 Å². The number of carboxylic acid groups (broad SMARTS) is 1. The van der Waals surface area contributed by atoms with Crippen molar-refractivity contribution in [3.63, 3.8) is 0 Å². The first kappa shape index (κ1) is 13.8. The van der Waals surface area contributed by atoms with Crippen LogP contribution >= 0.6 is 0 Å². The lowest BCUT2D eigenvalue weighted by Gasteiger charge is -2.42. The van der Waals surface area contributed by atoms with E-state index >= 15 is 0 Å². The smallest absolute Gasteiger partial charge is 0.337 e. The zero-order valence-corrected chi connectivity index (χ0v) is 12.7. The van der Waals surface area contributed by atoms with Crippen molar-refractivity contribution in [3.8, 4) is 5.75 Å². The minimum Gasteiger partial charge on any atom is -0.478 e. The zero-order chi connectivity index (χ0) is 16.0. The van der Waals surface area contributed by atoms with Gasteiger partial charge in [0.15, 0.2) is 0 Å². The summed E-state index contributed by atoms with van der Waals surface area (Å²) in [7, 11) is 0. The van der Waals surface area contributed by atoms with Crippen LogP contribution in [0.15, 0.2) is 42.5 Å². The van der Waals surface area contributed by atoms with E-state index in [1.54, 1.807) is 18.2 Å². The lowest BCUT2D eigenvalue weighted by atomic mass is 10.1. The number of carbonyl (C=O) groups is 1. The first-order chi connectivity index (χ1) is 11.1. The monoisotopic (exact) mass is 311 g/mol. The van der Waals surface area contributed by atoms with E-state index in [9.17, 15) is 9.90 Å². The molecule has 23 heavy (non-hydrogen) atoms. The molecule has 2 aliphatic heterocycles. The number of fused-ring (bicyclic) bond motifs is 2. The van der Waals surface area contributed by atoms with Gasteiger partial charge in [-0.3, -0.25) is 0 Å². The van der Waals surface area contributed by atoms with Crippen molar-refractivity contribution in [3.05, 3.63) is 48.0 Å². The Labute approximate surface area is 133 Å². The van der Waals surface area contributed by atoms with Crippen LogP contribution in [0.4, 0.5) is 17.1 Å². The number of aromatic carboxylic acids is 1. The molecule has 118 valence electrons. The third-order valence-corrected chi connectivity index (χ3v) is 4.28. The predicted octanol–water partition coefficient (Wildman–Crippen LogP) is 2.79. The fourth-order valence-electron chi connectivity index (χ4n) is 3.24. The largest absolute Gasteiger partial charge is 0.478 e. The Hall–Kier alpha value is -2.89. The van der Waals surface area contributed by atoms with Crippen LogP contribution < -0.4 is 20.3 Å². The van der Waals surface area contributed by atoms with Crippen molar-refractivity contribution >= 4 is 23.0 Å². The summed E-state index contributed by atoms with van der Waals surface area (Å²) in [5, 5.41) is 16.0. The molecular formula is C17H17N3O3. The maximum atomic E-state index is 11.4. The second-order valence-electron chi connectivity index (χ2n) is 5.79. The van der Waals surface area contributed by atoms with Gasteiger partial charge in [-0.25, -0.2) is 4.79 Å². The lowest BCUT2D eigenvalue weighted by Crippen LogP contribution is -2.57. The molecule has 4 rings (SSSR count). The van der Waals surface area contributed by atoms with Gasteiger partial charge in [-0.1, -0.05) is 18.2 Å². The maximum Gasteiger partial charge on any atom is 0.337 e. The van der Waals surface area contributed by atoms with Crippen LogP contribution in [0.2, 0.25) is 0 Å². The van der Waals surface area contributed by atoms with E-state index < -0.39 is 11.8 Å². The number of benzene rings is 2. The Bertz CT molecular complexity index is 792. The summed E-state index contributed by atoms with van der Waals surface area (Å²) in [6, 6.07) is 13.1. The van der Waals surface area contributed by atoms with Gasteiger partial charge >= 0.3 is 5.97 Å². The molecule has 0 spiro atoms. The SMILES string of the molecule is CC1(N2CCNc3ccccc32)Nc2c(cccc2C(=O)O)O1. The van der Waals surface area contributed by atoms with E-state index in [0.29, 0.717) is 11.4 Å². The molecule has 0 fully saturated rings. The van der Waals surface area contributed by atoms with Crippen LogP contribution in [0.5, 0.6) is 5.75 Å². The van der Waals surface area contributed by atoms with Gasteiger partial charge in [0.2, 0.25) is 0 Å². The van der Waals surface area contributed by atoms with E-state index in [2.05, 4.69) is 15.5 Å². The topological polar surface area (TPSA) is 73.8 Å². The first-order valence-electron chi connectivity index (χ1n) is 7.52. The molecule has 0 aromatic heterocycles. The Morgan fingerprint density at radius 1 is 1.26 bits per heavy atom. The van der Waals surface area contributed by atoms with Crippen LogP contribution in [0, 0.1) is 0 Å². The summed E-state index contributed by atoms with van der Waals surface area (Å²) in [5.41, 5.74) is 2.81. The number of para-hydroxylation sites is 3. The fourth-order valence-corrected chi connectivity index (χ4v) is 3.24. The van der Waals surface area contributed by atoms with Gasteiger partial charge < -0.3 is 25.4 Å². The van der Waals surface area contributed by atoms with E-state index in [1.807, 2.05) is 31.2 Å². The summed E-state index contributed by atoms with van der Waals surface area (Å²) in [6.07, 6.45) is 0. The molecule has 0 saturated carbocycles. The molecule has 1 unspecified atom stereocenters. The molecule has 0 saturated heterocycles. The van der Waals surface area contributed by atoms with Gasteiger partial charge in [0.25, 0.3) is 5.85 Å².